The van der Waals surface area contributed by atoms with Crippen LogP contribution in [0.4, 0.5) is 0 Å². The van der Waals surface area contributed by atoms with E-state index in [1.807, 2.05) is 6.92 Å². The van der Waals surface area contributed by atoms with E-state index in [0.717, 1.165) is 11.1 Å². The van der Waals surface area contributed by atoms with Crippen molar-refractivity contribution < 1.29 is 9.47 Å². The van der Waals surface area contributed by atoms with E-state index in [2.05, 4.69) is 4.98 Å². The molecule has 0 atom stereocenters. The largest absolute Gasteiger partial charge is 0.497 e. The van der Waals surface area contributed by atoms with Gasteiger partial charge in [0.05, 0.1) is 30.6 Å². The first-order valence-corrected chi connectivity index (χ1v) is 6.81. The molecule has 1 heterocycles. The number of ether oxygens (including phenoxy) is 2. The molecule has 108 valence electrons. The summed E-state index contributed by atoms with van der Waals surface area (Å²) in [4.78, 5) is 16.0. The van der Waals surface area contributed by atoms with Crippen LogP contribution >= 0.6 is 11.6 Å². The van der Waals surface area contributed by atoms with E-state index in [4.69, 9.17) is 21.1 Å². The summed E-state index contributed by atoms with van der Waals surface area (Å²) >= 11 is 6.14. The molecular formula is C16H14ClNO3. The average molecular weight is 304 g/mol. The van der Waals surface area contributed by atoms with Crippen LogP contribution in [0, 0.1) is 6.92 Å². The van der Waals surface area contributed by atoms with Gasteiger partial charge in [-0.1, -0.05) is 11.6 Å². The Hall–Kier alpha value is -2.20. The van der Waals surface area contributed by atoms with E-state index in [1.54, 1.807) is 38.5 Å². The third-order valence-corrected chi connectivity index (χ3v) is 4.08. The van der Waals surface area contributed by atoms with Crippen molar-refractivity contribution in [3.63, 3.8) is 0 Å². The summed E-state index contributed by atoms with van der Waals surface area (Å²) in [6.07, 6.45) is 0. The van der Waals surface area contributed by atoms with Gasteiger partial charge >= 0.3 is 0 Å². The Labute approximate surface area is 126 Å². The maximum Gasteiger partial charge on any atom is 0.197 e. The number of halogens is 1. The highest BCUT2D eigenvalue weighted by Gasteiger charge is 2.13. The molecule has 0 bridgehead atoms. The lowest BCUT2D eigenvalue weighted by Gasteiger charge is -2.11. The average Bonchev–Trinajstić information content (AvgIpc) is 2.50. The molecule has 1 N–H and O–H groups in total. The number of aromatic nitrogens is 1. The first-order valence-electron chi connectivity index (χ1n) is 6.43. The highest BCUT2D eigenvalue weighted by molar-refractivity contribution is 6.32. The molecule has 0 unspecified atom stereocenters. The van der Waals surface area contributed by atoms with Gasteiger partial charge in [-0.2, -0.15) is 0 Å². The molecule has 21 heavy (non-hydrogen) atoms. The maximum atomic E-state index is 12.7. The molecule has 0 radical (unpaired) electrons. The molecular weight excluding hydrogens is 290 g/mol. The third-order valence-electron chi connectivity index (χ3n) is 3.67. The number of benzene rings is 2. The molecule has 5 heteroatoms. The fraction of sp³-hybridized carbons (Fsp3) is 0.188. The Bertz CT molecular complexity index is 915. The highest BCUT2D eigenvalue weighted by Crippen LogP contribution is 2.31. The van der Waals surface area contributed by atoms with Crippen LogP contribution in [0.1, 0.15) is 5.56 Å². The second-order valence-corrected chi connectivity index (χ2v) is 5.21. The Morgan fingerprint density at radius 3 is 2.48 bits per heavy atom. The number of H-pyrrole nitrogens is 1. The van der Waals surface area contributed by atoms with Gasteiger partial charge in [-0.05, 0) is 30.7 Å². The number of hydrogen-bond donors (Lipinski definition) is 1. The molecule has 0 aliphatic carbocycles. The molecule has 0 aliphatic heterocycles. The van der Waals surface area contributed by atoms with Crippen LogP contribution < -0.4 is 14.9 Å². The number of methoxy groups -OCH3 is 2. The quantitative estimate of drug-likeness (QED) is 0.735. The van der Waals surface area contributed by atoms with E-state index in [0.29, 0.717) is 32.8 Å². The smallest absolute Gasteiger partial charge is 0.197 e. The zero-order valence-corrected chi connectivity index (χ0v) is 12.7. The number of nitrogens with one attached hydrogen (secondary N) is 1. The molecule has 0 amide bonds. The standard InChI is InChI=1S/C16H14ClNO3/c1-8-12(17)5-4-10-14(8)18-15-11(16(10)19)6-9(20-2)7-13(15)21-3/h4-7H,1-3H3,(H,18,19). The summed E-state index contributed by atoms with van der Waals surface area (Å²) in [5.74, 6) is 1.14. The number of fused-ring (bicyclic) bond motifs is 2. The summed E-state index contributed by atoms with van der Waals surface area (Å²) in [5.41, 5.74) is 2.13. The van der Waals surface area contributed by atoms with E-state index >= 15 is 0 Å². The SMILES string of the molecule is COc1cc(OC)c2[nH]c3c(C)c(Cl)ccc3c(=O)c2c1. The van der Waals surface area contributed by atoms with E-state index < -0.39 is 0 Å². The normalized spacial score (nSPS) is 11.0. The fourth-order valence-corrected chi connectivity index (χ4v) is 2.64. The minimum absolute atomic E-state index is 0.0734. The van der Waals surface area contributed by atoms with Crippen molar-refractivity contribution in [1.29, 1.82) is 0 Å². The Balaban J connectivity index is 2.56. The van der Waals surface area contributed by atoms with Gasteiger partial charge in [-0.3, -0.25) is 4.79 Å². The molecule has 4 nitrogen and oxygen atoms in total. The van der Waals surface area contributed by atoms with Gasteiger partial charge in [0.1, 0.15) is 11.5 Å². The van der Waals surface area contributed by atoms with Gasteiger partial charge in [-0.15, -0.1) is 0 Å². The zero-order valence-electron chi connectivity index (χ0n) is 11.9. The monoisotopic (exact) mass is 303 g/mol. The molecule has 3 aromatic rings. The van der Waals surface area contributed by atoms with Crippen LogP contribution in [0.5, 0.6) is 11.5 Å². The van der Waals surface area contributed by atoms with Gasteiger partial charge in [-0.25, -0.2) is 0 Å². The van der Waals surface area contributed by atoms with Crippen LogP contribution in [0.25, 0.3) is 21.8 Å². The second-order valence-electron chi connectivity index (χ2n) is 4.80. The van der Waals surface area contributed by atoms with Crippen LogP contribution in [0.3, 0.4) is 0 Å². The van der Waals surface area contributed by atoms with E-state index in [9.17, 15) is 4.79 Å². The van der Waals surface area contributed by atoms with Gasteiger partial charge in [0, 0.05) is 16.5 Å². The van der Waals surface area contributed by atoms with Crippen molar-refractivity contribution in [2.24, 2.45) is 0 Å². The van der Waals surface area contributed by atoms with Gasteiger partial charge in [0.25, 0.3) is 0 Å². The molecule has 0 aliphatic rings. The maximum absolute atomic E-state index is 12.7. The number of hydrogen-bond acceptors (Lipinski definition) is 3. The summed E-state index contributed by atoms with van der Waals surface area (Å²) in [6, 6.07) is 6.91. The Morgan fingerprint density at radius 2 is 1.81 bits per heavy atom. The van der Waals surface area contributed by atoms with Crippen molar-refractivity contribution in [3.8, 4) is 11.5 Å². The fourth-order valence-electron chi connectivity index (χ4n) is 2.48. The topological polar surface area (TPSA) is 51.3 Å². The van der Waals surface area contributed by atoms with Crippen molar-refractivity contribution in [2.45, 2.75) is 6.92 Å². The minimum atomic E-state index is -0.0734. The lowest BCUT2D eigenvalue weighted by Crippen LogP contribution is -2.06. The Morgan fingerprint density at radius 1 is 1.05 bits per heavy atom. The molecule has 0 saturated heterocycles. The lowest BCUT2D eigenvalue weighted by atomic mass is 10.1. The molecule has 1 aromatic heterocycles. The van der Waals surface area contributed by atoms with E-state index in [-0.39, 0.29) is 5.43 Å². The summed E-state index contributed by atoms with van der Waals surface area (Å²) < 4.78 is 10.6. The second kappa shape index (κ2) is 4.97. The van der Waals surface area contributed by atoms with Gasteiger partial charge in [0.2, 0.25) is 0 Å². The number of aryl methyl sites for hydroxylation is 1. The van der Waals surface area contributed by atoms with Crippen LogP contribution in [-0.4, -0.2) is 19.2 Å². The summed E-state index contributed by atoms with van der Waals surface area (Å²) in [5, 5.41) is 1.74. The van der Waals surface area contributed by atoms with Crippen LogP contribution in [0.2, 0.25) is 5.02 Å². The third kappa shape index (κ3) is 2.03. The number of pyridine rings is 1. The van der Waals surface area contributed by atoms with Gasteiger partial charge < -0.3 is 14.5 Å². The molecule has 0 fully saturated rings. The van der Waals surface area contributed by atoms with Crippen molar-refractivity contribution in [2.75, 3.05) is 14.2 Å². The molecule has 0 saturated carbocycles. The first kappa shape index (κ1) is 13.8. The molecule has 2 aromatic carbocycles. The minimum Gasteiger partial charge on any atom is -0.497 e. The van der Waals surface area contributed by atoms with Crippen molar-refractivity contribution in [1.82, 2.24) is 4.98 Å². The lowest BCUT2D eigenvalue weighted by molar-refractivity contribution is 0.397. The van der Waals surface area contributed by atoms with Crippen molar-refractivity contribution >= 4 is 33.4 Å². The number of aromatic amines is 1. The predicted octanol–water partition coefficient (Wildman–Crippen LogP) is 3.66. The molecule has 0 spiro atoms. The zero-order chi connectivity index (χ0) is 15.1. The Kier molecular flexibility index (Phi) is 3.26. The molecule has 3 rings (SSSR count). The van der Waals surface area contributed by atoms with E-state index in [1.165, 1.54) is 0 Å². The highest BCUT2D eigenvalue weighted by atomic mass is 35.5. The summed E-state index contributed by atoms with van der Waals surface area (Å²) in [7, 11) is 3.11. The van der Waals surface area contributed by atoms with Crippen LogP contribution in [-0.2, 0) is 0 Å². The summed E-state index contributed by atoms with van der Waals surface area (Å²) in [6.45, 7) is 1.88. The van der Waals surface area contributed by atoms with Crippen molar-refractivity contribution in [3.05, 3.63) is 45.1 Å². The van der Waals surface area contributed by atoms with Gasteiger partial charge in [0.15, 0.2) is 5.43 Å². The first-order chi connectivity index (χ1) is 10.1. The predicted molar refractivity (Wildman–Crippen MR) is 84.9 cm³/mol. The van der Waals surface area contributed by atoms with Crippen LogP contribution in [0.15, 0.2) is 29.1 Å². The number of rotatable bonds is 2.